The highest BCUT2D eigenvalue weighted by molar-refractivity contribution is 6.09. The number of aromatic nitrogens is 1. The minimum Gasteiger partial charge on any atom is -0.341 e. The number of hydrogen-bond donors (Lipinski definition) is 1. The molecule has 0 spiro atoms. The normalized spacial score (nSPS) is 11.4. The number of hydrogen-bond acceptors (Lipinski definition) is 1. The molecule has 0 radical (unpaired) electrons. The molecule has 0 unspecified atom stereocenters. The van der Waals surface area contributed by atoms with Crippen molar-refractivity contribution in [3.63, 3.8) is 0 Å². The molecule has 1 heterocycles. The van der Waals surface area contributed by atoms with E-state index in [1.165, 1.54) is 32.9 Å². The predicted molar refractivity (Wildman–Crippen MR) is 123 cm³/mol. The summed E-state index contributed by atoms with van der Waals surface area (Å²) in [6.45, 7) is 7.47. The van der Waals surface area contributed by atoms with Gasteiger partial charge < -0.3 is 9.88 Å². The summed E-state index contributed by atoms with van der Waals surface area (Å²) in [5.74, 6) is 0.581. The van der Waals surface area contributed by atoms with E-state index in [1.807, 2.05) is 6.07 Å². The maximum atomic E-state index is 12.5. The smallest absolute Gasteiger partial charge is 0.224 e. The third-order valence-electron chi connectivity index (χ3n) is 5.66. The Morgan fingerprint density at radius 1 is 0.931 bits per heavy atom. The highest BCUT2D eigenvalue weighted by Crippen LogP contribution is 2.31. The van der Waals surface area contributed by atoms with Crippen LogP contribution in [0.1, 0.15) is 44.2 Å². The lowest BCUT2D eigenvalue weighted by atomic mass is 10.0. The Bertz CT molecular complexity index is 1150. The van der Waals surface area contributed by atoms with Crippen LogP contribution in [0.4, 0.5) is 5.69 Å². The Morgan fingerprint density at radius 2 is 1.66 bits per heavy atom. The second-order valence-electron chi connectivity index (χ2n) is 7.94. The summed E-state index contributed by atoms with van der Waals surface area (Å²) in [7, 11) is 0. The molecule has 3 heteroatoms. The molecule has 3 aromatic carbocycles. The van der Waals surface area contributed by atoms with Gasteiger partial charge in [0.25, 0.3) is 0 Å². The van der Waals surface area contributed by atoms with E-state index in [-0.39, 0.29) is 5.91 Å². The van der Waals surface area contributed by atoms with Gasteiger partial charge in [-0.1, -0.05) is 56.3 Å². The van der Waals surface area contributed by atoms with E-state index < -0.39 is 0 Å². The zero-order valence-electron chi connectivity index (χ0n) is 17.4. The van der Waals surface area contributed by atoms with Gasteiger partial charge in [-0.15, -0.1) is 0 Å². The van der Waals surface area contributed by atoms with Crippen molar-refractivity contribution in [1.82, 2.24) is 4.57 Å². The topological polar surface area (TPSA) is 34.0 Å². The molecule has 4 aromatic rings. The molecule has 0 saturated carbocycles. The molecule has 1 amide bonds. The molecule has 0 aliphatic heterocycles. The quantitative estimate of drug-likeness (QED) is 0.404. The van der Waals surface area contributed by atoms with Crippen LogP contribution in [0.3, 0.4) is 0 Å². The summed E-state index contributed by atoms with van der Waals surface area (Å²) in [6.07, 6.45) is 1.23. The molecule has 0 aliphatic rings. The lowest BCUT2D eigenvalue weighted by molar-refractivity contribution is -0.116. The molecule has 0 aliphatic carbocycles. The van der Waals surface area contributed by atoms with Crippen LogP contribution < -0.4 is 5.32 Å². The summed E-state index contributed by atoms with van der Waals surface area (Å²) in [5.41, 5.74) is 5.83. The summed E-state index contributed by atoms with van der Waals surface area (Å²) in [6, 6.07) is 23.2. The fraction of sp³-hybridized carbons (Fsp3) is 0.269. The fourth-order valence-electron chi connectivity index (χ4n) is 4.02. The van der Waals surface area contributed by atoms with Gasteiger partial charge in [0.2, 0.25) is 5.91 Å². The second kappa shape index (κ2) is 8.12. The summed E-state index contributed by atoms with van der Waals surface area (Å²) in [5, 5.41) is 5.49. The first-order chi connectivity index (χ1) is 14.1. The number of nitrogens with one attached hydrogen (secondary N) is 1. The number of carbonyl (C=O) groups excluding carboxylic acids is 1. The zero-order valence-corrected chi connectivity index (χ0v) is 17.4. The van der Waals surface area contributed by atoms with Gasteiger partial charge in [0.05, 0.1) is 0 Å². The molecular formula is C26H28N2O. The molecule has 0 fully saturated rings. The Morgan fingerprint density at radius 3 is 2.38 bits per heavy atom. The third kappa shape index (κ3) is 3.91. The second-order valence-corrected chi connectivity index (χ2v) is 7.94. The molecule has 0 atom stereocenters. The Hall–Kier alpha value is -3.07. The van der Waals surface area contributed by atoms with Gasteiger partial charge in [0.1, 0.15) is 0 Å². The number of amides is 1. The summed E-state index contributed by atoms with van der Waals surface area (Å²) in [4.78, 5) is 12.5. The Balaban J connectivity index is 1.49. The molecular weight excluding hydrogens is 356 g/mol. The first-order valence-corrected chi connectivity index (χ1v) is 10.5. The molecule has 0 bridgehead atoms. The number of para-hydroxylation sites is 1. The highest BCUT2D eigenvalue weighted by atomic mass is 16.1. The average Bonchev–Trinajstić information content (AvgIpc) is 3.05. The van der Waals surface area contributed by atoms with Gasteiger partial charge in [0.15, 0.2) is 0 Å². The van der Waals surface area contributed by atoms with Gasteiger partial charge in [-0.2, -0.15) is 0 Å². The lowest BCUT2D eigenvalue weighted by Gasteiger charge is -2.08. The van der Waals surface area contributed by atoms with Crippen LogP contribution >= 0.6 is 0 Å². The maximum absolute atomic E-state index is 12.5. The van der Waals surface area contributed by atoms with E-state index in [9.17, 15) is 4.79 Å². The molecule has 3 nitrogen and oxygen atoms in total. The number of anilines is 1. The SMILES string of the molecule is CCn1c2ccccc2c2cc(NC(=O)CCc3ccc(C(C)C)cc3)ccc21. The maximum Gasteiger partial charge on any atom is 0.224 e. The molecule has 29 heavy (non-hydrogen) atoms. The standard InChI is InChI=1S/C26H28N2O/c1-4-28-24-8-6-5-7-22(24)23-17-21(14-15-25(23)28)27-26(29)16-11-19-9-12-20(13-10-19)18(2)3/h5-10,12-15,17-18H,4,11,16H2,1-3H3,(H,27,29). The number of nitrogens with zero attached hydrogens (tertiary/aromatic N) is 1. The van der Waals surface area contributed by atoms with Gasteiger partial charge in [-0.05, 0) is 54.7 Å². The number of benzene rings is 3. The van der Waals surface area contributed by atoms with Crippen LogP contribution in [0.15, 0.2) is 66.7 Å². The van der Waals surface area contributed by atoms with Crippen LogP contribution in [0.5, 0.6) is 0 Å². The third-order valence-corrected chi connectivity index (χ3v) is 5.66. The van der Waals surface area contributed by atoms with E-state index in [1.54, 1.807) is 0 Å². The largest absolute Gasteiger partial charge is 0.341 e. The molecule has 1 N–H and O–H groups in total. The number of fused-ring (bicyclic) bond motifs is 3. The van der Waals surface area contributed by atoms with Crippen molar-refractivity contribution in [2.75, 3.05) is 5.32 Å². The zero-order chi connectivity index (χ0) is 20.4. The number of carbonyl (C=O) groups is 1. The van der Waals surface area contributed by atoms with Crippen molar-refractivity contribution in [1.29, 1.82) is 0 Å². The van der Waals surface area contributed by atoms with E-state index in [0.717, 1.165) is 18.7 Å². The Kier molecular flexibility index (Phi) is 5.39. The van der Waals surface area contributed by atoms with Crippen LogP contribution in [-0.4, -0.2) is 10.5 Å². The molecule has 1 aromatic heterocycles. The fourth-order valence-corrected chi connectivity index (χ4v) is 4.02. The van der Waals surface area contributed by atoms with E-state index in [0.29, 0.717) is 12.3 Å². The summed E-state index contributed by atoms with van der Waals surface area (Å²) >= 11 is 0. The van der Waals surface area contributed by atoms with Crippen LogP contribution in [0, 0.1) is 0 Å². The van der Waals surface area contributed by atoms with Crippen molar-refractivity contribution in [3.8, 4) is 0 Å². The van der Waals surface area contributed by atoms with Crippen molar-refractivity contribution >= 4 is 33.4 Å². The van der Waals surface area contributed by atoms with Crippen molar-refractivity contribution < 1.29 is 4.79 Å². The molecule has 4 rings (SSSR count). The van der Waals surface area contributed by atoms with E-state index in [2.05, 4.69) is 91.3 Å². The average molecular weight is 385 g/mol. The summed E-state index contributed by atoms with van der Waals surface area (Å²) < 4.78 is 2.32. The van der Waals surface area contributed by atoms with E-state index in [4.69, 9.17) is 0 Å². The van der Waals surface area contributed by atoms with Crippen LogP contribution in [0.25, 0.3) is 21.8 Å². The van der Waals surface area contributed by atoms with Gasteiger partial charge in [-0.3, -0.25) is 4.79 Å². The minimum atomic E-state index is 0.0523. The van der Waals surface area contributed by atoms with Crippen LogP contribution in [-0.2, 0) is 17.8 Å². The van der Waals surface area contributed by atoms with Crippen molar-refractivity contribution in [2.45, 2.75) is 46.1 Å². The molecule has 0 saturated heterocycles. The monoisotopic (exact) mass is 384 g/mol. The van der Waals surface area contributed by atoms with Crippen molar-refractivity contribution in [2.24, 2.45) is 0 Å². The first kappa shape index (κ1) is 19.3. The number of aryl methyl sites for hydroxylation is 2. The highest BCUT2D eigenvalue weighted by Gasteiger charge is 2.11. The van der Waals surface area contributed by atoms with E-state index >= 15 is 0 Å². The van der Waals surface area contributed by atoms with Gasteiger partial charge >= 0.3 is 0 Å². The Labute approximate surface area is 172 Å². The molecule has 148 valence electrons. The lowest BCUT2D eigenvalue weighted by Crippen LogP contribution is -2.12. The van der Waals surface area contributed by atoms with Gasteiger partial charge in [-0.25, -0.2) is 0 Å². The van der Waals surface area contributed by atoms with Crippen molar-refractivity contribution in [3.05, 3.63) is 77.9 Å². The van der Waals surface area contributed by atoms with Crippen LogP contribution in [0.2, 0.25) is 0 Å². The number of rotatable bonds is 6. The van der Waals surface area contributed by atoms with Gasteiger partial charge in [0, 0.05) is 40.5 Å². The first-order valence-electron chi connectivity index (χ1n) is 10.5. The predicted octanol–water partition coefficient (Wildman–Crippen LogP) is 6.51. The minimum absolute atomic E-state index is 0.0523.